The zero-order valence-electron chi connectivity index (χ0n) is 12.8. The molecular weight excluding hydrogens is 308 g/mol. The average Bonchev–Trinajstić information content (AvgIpc) is 3.16. The molecule has 0 aliphatic heterocycles. The lowest BCUT2D eigenvalue weighted by Gasteiger charge is -2.07. The van der Waals surface area contributed by atoms with E-state index in [0.717, 1.165) is 5.69 Å². The van der Waals surface area contributed by atoms with Gasteiger partial charge in [-0.3, -0.25) is 9.59 Å². The van der Waals surface area contributed by atoms with E-state index in [2.05, 4.69) is 26.2 Å². The molecule has 3 aromatic rings. The molecular formula is C16H14N6O2. The van der Waals surface area contributed by atoms with Gasteiger partial charge in [0.05, 0.1) is 5.69 Å². The van der Waals surface area contributed by atoms with Gasteiger partial charge in [0, 0.05) is 23.9 Å². The van der Waals surface area contributed by atoms with Gasteiger partial charge in [0.2, 0.25) is 0 Å². The number of hydrogen-bond donors (Lipinski definition) is 2. The average molecular weight is 322 g/mol. The fraction of sp³-hybridized carbons (Fsp3) is 0.0625. The quantitative estimate of drug-likeness (QED) is 0.753. The maximum Gasteiger partial charge on any atom is 0.255 e. The highest BCUT2D eigenvalue weighted by Crippen LogP contribution is 2.13. The lowest BCUT2D eigenvalue weighted by Crippen LogP contribution is -2.18. The molecule has 1 aromatic heterocycles. The number of hydrogen-bond acceptors (Lipinski definition) is 5. The zero-order chi connectivity index (χ0) is 16.9. The Bertz CT molecular complexity index is 859. The van der Waals surface area contributed by atoms with E-state index in [1.165, 1.54) is 11.0 Å². The number of carbonyl (C=O) groups is 2. The van der Waals surface area contributed by atoms with Crippen LogP contribution in [0.2, 0.25) is 0 Å². The third-order valence-corrected chi connectivity index (χ3v) is 3.35. The van der Waals surface area contributed by atoms with Crippen molar-refractivity contribution >= 4 is 17.5 Å². The van der Waals surface area contributed by atoms with E-state index >= 15 is 0 Å². The van der Waals surface area contributed by atoms with Crippen LogP contribution in [-0.4, -0.2) is 39.1 Å². The van der Waals surface area contributed by atoms with Gasteiger partial charge >= 0.3 is 0 Å². The number of anilines is 1. The molecule has 0 spiro atoms. The van der Waals surface area contributed by atoms with Gasteiger partial charge in [-0.25, -0.2) is 4.68 Å². The van der Waals surface area contributed by atoms with Crippen molar-refractivity contribution in [2.75, 3.05) is 12.4 Å². The molecule has 2 aromatic carbocycles. The van der Waals surface area contributed by atoms with Crippen LogP contribution in [-0.2, 0) is 0 Å². The van der Waals surface area contributed by atoms with Crippen LogP contribution in [0.25, 0.3) is 5.69 Å². The first-order valence-electron chi connectivity index (χ1n) is 7.14. The molecule has 8 heteroatoms. The highest BCUT2D eigenvalue weighted by molar-refractivity contribution is 6.05. The summed E-state index contributed by atoms with van der Waals surface area (Å²) in [6, 6.07) is 13.6. The Kier molecular flexibility index (Phi) is 4.28. The number of rotatable bonds is 4. The molecule has 0 aliphatic rings. The second-order valence-electron chi connectivity index (χ2n) is 4.92. The molecule has 0 aliphatic carbocycles. The molecule has 3 rings (SSSR count). The Balaban J connectivity index is 1.74. The number of carbonyl (C=O) groups excluding carboxylic acids is 2. The fourth-order valence-corrected chi connectivity index (χ4v) is 2.13. The number of nitrogens with one attached hydrogen (secondary N) is 2. The highest BCUT2D eigenvalue weighted by Gasteiger charge is 2.09. The normalized spacial score (nSPS) is 10.2. The molecule has 0 bridgehead atoms. The van der Waals surface area contributed by atoms with Crippen LogP contribution in [0.1, 0.15) is 20.7 Å². The van der Waals surface area contributed by atoms with Crippen molar-refractivity contribution in [2.45, 2.75) is 0 Å². The van der Waals surface area contributed by atoms with Crippen molar-refractivity contribution in [1.82, 2.24) is 25.5 Å². The van der Waals surface area contributed by atoms with Crippen molar-refractivity contribution in [3.8, 4) is 5.69 Å². The third-order valence-electron chi connectivity index (χ3n) is 3.35. The highest BCUT2D eigenvalue weighted by atomic mass is 16.2. The molecule has 0 unspecified atom stereocenters. The van der Waals surface area contributed by atoms with Gasteiger partial charge in [0.15, 0.2) is 0 Å². The van der Waals surface area contributed by atoms with Crippen LogP contribution in [0.5, 0.6) is 0 Å². The van der Waals surface area contributed by atoms with Crippen molar-refractivity contribution in [3.63, 3.8) is 0 Å². The Morgan fingerprint density at radius 3 is 2.46 bits per heavy atom. The Morgan fingerprint density at radius 1 is 1.00 bits per heavy atom. The molecule has 0 fully saturated rings. The molecule has 0 atom stereocenters. The molecule has 0 saturated heterocycles. The van der Waals surface area contributed by atoms with Crippen LogP contribution in [0.3, 0.4) is 0 Å². The predicted octanol–water partition coefficient (Wildman–Crippen LogP) is 1.27. The van der Waals surface area contributed by atoms with Gasteiger partial charge in [-0.1, -0.05) is 6.07 Å². The first-order chi connectivity index (χ1) is 11.7. The summed E-state index contributed by atoms with van der Waals surface area (Å²) in [7, 11) is 1.56. The van der Waals surface area contributed by atoms with E-state index in [0.29, 0.717) is 16.8 Å². The molecule has 120 valence electrons. The van der Waals surface area contributed by atoms with Crippen LogP contribution in [0, 0.1) is 0 Å². The van der Waals surface area contributed by atoms with E-state index in [4.69, 9.17) is 0 Å². The molecule has 24 heavy (non-hydrogen) atoms. The minimum Gasteiger partial charge on any atom is -0.355 e. The number of amides is 2. The Labute approximate surface area is 137 Å². The maximum absolute atomic E-state index is 12.3. The Hall–Kier alpha value is -3.55. The smallest absolute Gasteiger partial charge is 0.255 e. The second kappa shape index (κ2) is 6.69. The summed E-state index contributed by atoms with van der Waals surface area (Å²) < 4.78 is 1.49. The first-order valence-corrected chi connectivity index (χ1v) is 7.14. The van der Waals surface area contributed by atoms with Crippen molar-refractivity contribution in [1.29, 1.82) is 0 Å². The molecule has 0 saturated carbocycles. The molecule has 8 nitrogen and oxygen atoms in total. The van der Waals surface area contributed by atoms with Crippen LogP contribution in [0.15, 0.2) is 54.9 Å². The van der Waals surface area contributed by atoms with Gasteiger partial charge < -0.3 is 10.6 Å². The van der Waals surface area contributed by atoms with Crippen molar-refractivity contribution in [3.05, 3.63) is 66.0 Å². The van der Waals surface area contributed by atoms with E-state index in [9.17, 15) is 9.59 Å². The third kappa shape index (κ3) is 3.27. The molecule has 2 N–H and O–H groups in total. The van der Waals surface area contributed by atoms with Crippen LogP contribution >= 0.6 is 0 Å². The molecule has 2 amide bonds. The van der Waals surface area contributed by atoms with Gasteiger partial charge in [-0.2, -0.15) is 0 Å². The van der Waals surface area contributed by atoms with Gasteiger partial charge in [0.25, 0.3) is 11.8 Å². The summed E-state index contributed by atoms with van der Waals surface area (Å²) in [6.45, 7) is 0. The van der Waals surface area contributed by atoms with E-state index in [1.54, 1.807) is 55.6 Å². The first kappa shape index (κ1) is 15.3. The minimum atomic E-state index is -0.271. The van der Waals surface area contributed by atoms with E-state index in [-0.39, 0.29) is 11.8 Å². The zero-order valence-corrected chi connectivity index (χ0v) is 12.8. The van der Waals surface area contributed by atoms with Gasteiger partial charge in [-0.05, 0) is 52.9 Å². The van der Waals surface area contributed by atoms with E-state index in [1.807, 2.05) is 0 Å². The Morgan fingerprint density at radius 2 is 1.79 bits per heavy atom. The van der Waals surface area contributed by atoms with E-state index < -0.39 is 0 Å². The summed E-state index contributed by atoms with van der Waals surface area (Å²) in [6.07, 6.45) is 1.47. The van der Waals surface area contributed by atoms with Crippen molar-refractivity contribution in [2.24, 2.45) is 0 Å². The maximum atomic E-state index is 12.3. The summed E-state index contributed by atoms with van der Waals surface area (Å²) in [5, 5.41) is 16.2. The predicted molar refractivity (Wildman–Crippen MR) is 86.9 cm³/mol. The summed E-state index contributed by atoms with van der Waals surface area (Å²) >= 11 is 0. The SMILES string of the molecule is CNC(=O)c1cccc(NC(=O)c2ccc(-n3cnnn3)cc2)c1. The van der Waals surface area contributed by atoms with Gasteiger partial charge in [-0.15, -0.1) is 5.10 Å². The fourth-order valence-electron chi connectivity index (χ4n) is 2.13. The lowest BCUT2D eigenvalue weighted by molar-refractivity contribution is 0.0961. The summed E-state index contributed by atoms with van der Waals surface area (Å²) in [5.41, 5.74) is 2.25. The van der Waals surface area contributed by atoms with Crippen molar-refractivity contribution < 1.29 is 9.59 Å². The van der Waals surface area contributed by atoms with Crippen LogP contribution in [0.4, 0.5) is 5.69 Å². The lowest BCUT2D eigenvalue weighted by atomic mass is 10.1. The monoisotopic (exact) mass is 322 g/mol. The molecule has 1 heterocycles. The number of nitrogens with zero attached hydrogens (tertiary/aromatic N) is 4. The number of benzene rings is 2. The topological polar surface area (TPSA) is 102 Å². The van der Waals surface area contributed by atoms with Crippen LogP contribution < -0.4 is 10.6 Å². The summed E-state index contributed by atoms with van der Waals surface area (Å²) in [5.74, 6) is -0.482. The number of aromatic nitrogens is 4. The number of tetrazole rings is 1. The molecule has 0 radical (unpaired) electrons. The second-order valence-corrected chi connectivity index (χ2v) is 4.92. The standard InChI is InChI=1S/C16H14N6O2/c1-17-15(23)12-3-2-4-13(9-12)19-16(24)11-5-7-14(8-6-11)22-10-18-20-21-22/h2-10H,1H3,(H,17,23)(H,19,24). The summed E-state index contributed by atoms with van der Waals surface area (Å²) in [4.78, 5) is 23.9. The van der Waals surface area contributed by atoms with Gasteiger partial charge in [0.1, 0.15) is 6.33 Å². The largest absolute Gasteiger partial charge is 0.355 e. The minimum absolute atomic E-state index is 0.211.